The highest BCUT2D eigenvalue weighted by Crippen LogP contribution is 2.59. The zero-order chi connectivity index (χ0) is 74.6. The Bertz CT molecular complexity index is 7530. The van der Waals surface area contributed by atoms with Gasteiger partial charge in [0.05, 0.1) is 33.6 Å². The van der Waals surface area contributed by atoms with E-state index >= 15 is 0 Å². The molecule has 26 rings (SSSR count). The molecule has 0 spiro atoms. The molecule has 0 unspecified atom stereocenters. The van der Waals surface area contributed by atoms with E-state index in [0.29, 0.717) is 17.6 Å². The highest BCUT2D eigenvalue weighted by Gasteiger charge is 2.34. The Hall–Kier alpha value is -14.3. The summed E-state index contributed by atoms with van der Waals surface area (Å²) in [6, 6.07) is 130. The minimum atomic E-state index is 0.594. The van der Waals surface area contributed by atoms with Gasteiger partial charge in [0.2, 0.25) is 5.95 Å². The highest BCUT2D eigenvalue weighted by atomic mass is 32.1. The number of thiophene rings is 3. The lowest BCUT2D eigenvalue weighted by Crippen LogP contribution is -2.08. The quantitative estimate of drug-likeness (QED) is 0.152. The summed E-state index contributed by atoms with van der Waals surface area (Å²) in [6.45, 7) is 0. The van der Waals surface area contributed by atoms with Gasteiger partial charge in [0, 0.05) is 116 Å². The summed E-state index contributed by atoms with van der Waals surface area (Å²) in [5, 5.41) is 12.0. The van der Waals surface area contributed by atoms with Gasteiger partial charge in [0.1, 0.15) is 5.82 Å². The first-order valence-electron chi connectivity index (χ1n) is 38.5. The van der Waals surface area contributed by atoms with E-state index in [0.717, 1.165) is 33.7 Å². The second-order valence-electron chi connectivity index (χ2n) is 29.3. The van der Waals surface area contributed by atoms with E-state index in [1.54, 1.807) is 0 Å². The fourth-order valence-electron chi connectivity index (χ4n) is 18.7. The first kappa shape index (κ1) is 64.5. The van der Waals surface area contributed by atoms with Crippen LogP contribution in [0.15, 0.2) is 370 Å². The molecule has 8 aromatic heterocycles. The van der Waals surface area contributed by atoms with Crippen LogP contribution in [0.25, 0.3) is 234 Å². The molecule has 114 heavy (non-hydrogen) atoms. The van der Waals surface area contributed by atoms with Crippen molar-refractivity contribution in [1.82, 2.24) is 33.6 Å². The van der Waals surface area contributed by atoms with Crippen LogP contribution in [-0.2, 0) is 0 Å². The molecule has 0 saturated heterocycles. The standard InChI is InChI=1S/C41H24N4S.C32H19NS.C31H18N2S/c1-4-13-25(14-5-1)38-37-30-21-12-24-33-36(30)35-29(20-11-23-32(35)46-33)28-19-10-22-31(34(28)37)45(38)41-43-39(26-15-6-2-7-16-26)42-40(44-41)27-17-8-3-9-18-27;1-3-10-20(11-4-1)32-31-24-16-9-19-27-30(24)29-23(15-8-18-26(29)34-27)22-14-7-17-25(28(22)31)33(32)21-12-5-2-6-13-21;1-2-9-19(10-3-1)31-30-22-13-8-16-25-29(22)28-21(12-7-15-24(28)34-25)20-11-6-14-23(27(20)30)33(31)26-17-4-5-18-32-26/h1-24H;1-19H;1-18H. The topological polar surface area (TPSA) is 66.3 Å². The Morgan fingerprint density at radius 3 is 0.842 bits per heavy atom. The fraction of sp³-hybridized carbons (Fsp3) is 0. The summed E-state index contributed by atoms with van der Waals surface area (Å²) < 4.78 is 15.1. The number of benzene rings is 15. The van der Waals surface area contributed by atoms with Crippen LogP contribution in [-0.4, -0.2) is 33.6 Å². The summed E-state index contributed by atoms with van der Waals surface area (Å²) in [5.74, 6) is 2.81. The molecule has 7 nitrogen and oxygen atoms in total. The third-order valence-corrected chi connectivity index (χ3v) is 26.5. The number of hydrogen-bond donors (Lipinski definition) is 0. The molecule has 0 atom stereocenters. The first-order chi connectivity index (χ1) is 56.6. The van der Waals surface area contributed by atoms with Crippen molar-refractivity contribution in [2.24, 2.45) is 0 Å². The van der Waals surface area contributed by atoms with Gasteiger partial charge in [0.25, 0.3) is 0 Å². The lowest BCUT2D eigenvalue weighted by Gasteiger charge is -2.14. The van der Waals surface area contributed by atoms with E-state index in [-0.39, 0.29) is 0 Å². The van der Waals surface area contributed by atoms with E-state index < -0.39 is 0 Å². The van der Waals surface area contributed by atoms with Gasteiger partial charge in [-0.15, -0.1) is 34.0 Å². The minimum Gasteiger partial charge on any atom is -0.309 e. The predicted octanol–water partition coefficient (Wildman–Crippen LogP) is 28.9. The van der Waals surface area contributed by atoms with E-state index in [2.05, 4.69) is 335 Å². The van der Waals surface area contributed by atoms with Crippen LogP contribution < -0.4 is 0 Å². The van der Waals surface area contributed by atoms with Gasteiger partial charge in [-0.1, -0.05) is 285 Å². The molecule has 3 aliphatic carbocycles. The van der Waals surface area contributed by atoms with Crippen molar-refractivity contribution in [3.8, 4) is 141 Å². The van der Waals surface area contributed by atoms with E-state index in [9.17, 15) is 0 Å². The summed E-state index contributed by atoms with van der Waals surface area (Å²) >= 11 is 5.66. The lowest BCUT2D eigenvalue weighted by molar-refractivity contribution is 0.938. The zero-order valence-corrected chi connectivity index (χ0v) is 63.5. The maximum atomic E-state index is 5.22. The Morgan fingerprint density at radius 1 is 0.202 bits per heavy atom. The molecular weight excluding hydrogens is 1440 g/mol. The van der Waals surface area contributed by atoms with Gasteiger partial charge in [-0.2, -0.15) is 9.97 Å². The smallest absolute Gasteiger partial charge is 0.238 e. The van der Waals surface area contributed by atoms with Gasteiger partial charge in [-0.05, 0) is 146 Å². The summed E-state index contributed by atoms with van der Waals surface area (Å²) in [7, 11) is 0. The maximum Gasteiger partial charge on any atom is 0.238 e. The predicted molar refractivity (Wildman–Crippen MR) is 480 cm³/mol. The van der Waals surface area contributed by atoms with Crippen molar-refractivity contribution in [3.63, 3.8) is 0 Å². The number of para-hydroxylation sites is 1. The monoisotopic (exact) mass is 1500 g/mol. The number of rotatable bonds is 8. The molecule has 0 amide bonds. The van der Waals surface area contributed by atoms with Gasteiger partial charge >= 0.3 is 0 Å². The van der Waals surface area contributed by atoms with Crippen LogP contribution in [0.2, 0.25) is 0 Å². The van der Waals surface area contributed by atoms with E-state index in [1.807, 2.05) is 82.7 Å². The molecule has 0 fully saturated rings. The molecule has 0 radical (unpaired) electrons. The summed E-state index contributed by atoms with van der Waals surface area (Å²) in [5.41, 5.74) is 29.1. The van der Waals surface area contributed by atoms with Crippen LogP contribution in [0.3, 0.4) is 0 Å². The molecule has 8 heterocycles. The number of aromatic nitrogens is 7. The van der Waals surface area contributed by atoms with Crippen LogP contribution in [0, 0.1) is 0 Å². The van der Waals surface area contributed by atoms with Crippen LogP contribution in [0.1, 0.15) is 0 Å². The van der Waals surface area contributed by atoms with Crippen LogP contribution >= 0.6 is 34.0 Å². The third kappa shape index (κ3) is 9.66. The summed E-state index contributed by atoms with van der Waals surface area (Å²) in [6.07, 6.45) is 1.88. The number of pyridine rings is 1. The Labute approximate surface area is 666 Å². The molecule has 530 valence electrons. The van der Waals surface area contributed by atoms with Crippen molar-refractivity contribution in [3.05, 3.63) is 370 Å². The largest absolute Gasteiger partial charge is 0.309 e. The molecule has 0 N–H and O–H groups in total. The van der Waals surface area contributed by atoms with Gasteiger partial charge < -0.3 is 4.57 Å². The molecule has 10 heteroatoms. The maximum absolute atomic E-state index is 5.22. The van der Waals surface area contributed by atoms with E-state index in [1.165, 1.54) is 183 Å². The Morgan fingerprint density at radius 2 is 0.482 bits per heavy atom. The van der Waals surface area contributed by atoms with E-state index in [4.69, 9.17) is 19.9 Å². The molecule has 3 aliphatic rings. The van der Waals surface area contributed by atoms with Crippen molar-refractivity contribution in [2.45, 2.75) is 0 Å². The molecule has 23 aromatic rings. The lowest BCUT2D eigenvalue weighted by atomic mass is 9.95. The zero-order valence-electron chi connectivity index (χ0n) is 61.1. The van der Waals surface area contributed by atoms with Crippen molar-refractivity contribution < 1.29 is 0 Å². The second kappa shape index (κ2) is 25.7. The average Bonchev–Trinajstić information content (AvgIpc) is 1.55. The Kier molecular flexibility index (Phi) is 14.5. The number of hydrogen-bond acceptors (Lipinski definition) is 7. The second-order valence-corrected chi connectivity index (χ2v) is 32.5. The Balaban J connectivity index is 0.000000100. The van der Waals surface area contributed by atoms with Gasteiger partial charge in [0.15, 0.2) is 11.6 Å². The third-order valence-electron chi connectivity index (χ3n) is 23.1. The van der Waals surface area contributed by atoms with Crippen molar-refractivity contribution >= 4 is 127 Å². The fourth-order valence-corrected chi connectivity index (χ4v) is 22.1. The molecule has 0 aliphatic heterocycles. The van der Waals surface area contributed by atoms with Gasteiger partial charge in [-0.3, -0.25) is 9.13 Å². The number of nitrogens with zero attached hydrogens (tertiary/aromatic N) is 7. The molecular formula is C104H61N7S3. The minimum absolute atomic E-state index is 0.594. The number of fused-ring (bicyclic) bond motifs is 6. The average molecular weight is 1500 g/mol. The normalized spacial score (nSPS) is 12.0. The van der Waals surface area contributed by atoms with Crippen LogP contribution in [0.5, 0.6) is 0 Å². The summed E-state index contributed by atoms with van der Waals surface area (Å²) in [4.78, 5) is 20.2. The van der Waals surface area contributed by atoms with Gasteiger partial charge in [-0.25, -0.2) is 9.97 Å². The van der Waals surface area contributed by atoms with Crippen molar-refractivity contribution in [1.29, 1.82) is 0 Å². The highest BCUT2D eigenvalue weighted by molar-refractivity contribution is 7.27. The van der Waals surface area contributed by atoms with Crippen molar-refractivity contribution in [2.75, 3.05) is 0 Å². The first-order valence-corrected chi connectivity index (χ1v) is 41.0. The SMILES string of the molecule is c1ccc(-c2c3c4c(cccc4n2-c2ccccc2)-c2cccc4sc5cccc-3c5c24)cc1.c1ccc(-c2c3c4c(cccc4n2-c2ccccn2)-c2cccc4sc5cccc-3c5c24)cc1.c1ccc(-c2nc(-c3ccccc3)nc(-n3c(-c4ccccc4)c4c5c(cccc53)-c3cccc5sc6cccc-4c6c35)n2)cc1. The molecule has 15 aromatic carbocycles. The molecule has 0 bridgehead atoms. The molecule has 0 saturated carbocycles. The van der Waals surface area contributed by atoms with Crippen LogP contribution in [0.4, 0.5) is 0 Å².